The van der Waals surface area contributed by atoms with Gasteiger partial charge in [-0.25, -0.2) is 0 Å². The third kappa shape index (κ3) is 19.2. The highest BCUT2D eigenvalue weighted by atomic mass is 16.4. The van der Waals surface area contributed by atoms with Gasteiger partial charge in [-0.3, -0.25) is 9.59 Å². The summed E-state index contributed by atoms with van der Waals surface area (Å²) in [7, 11) is 0. The summed E-state index contributed by atoms with van der Waals surface area (Å²) in [6.07, 6.45) is 21.0. The first-order chi connectivity index (χ1) is 13.4. The van der Waals surface area contributed by atoms with Gasteiger partial charge in [0.05, 0.1) is 11.8 Å². The van der Waals surface area contributed by atoms with E-state index in [0.717, 1.165) is 12.8 Å². The summed E-state index contributed by atoms with van der Waals surface area (Å²) in [5.74, 6) is -2.00. The monoisotopic (exact) mass is 396 g/mol. The van der Waals surface area contributed by atoms with E-state index in [9.17, 15) is 9.59 Å². The van der Waals surface area contributed by atoms with Gasteiger partial charge >= 0.3 is 11.9 Å². The number of aliphatic carboxylic acids is 2. The molecule has 0 aliphatic heterocycles. The molecule has 4 nitrogen and oxygen atoms in total. The molecule has 0 bridgehead atoms. The lowest BCUT2D eigenvalue weighted by Gasteiger charge is -2.02. The largest absolute Gasteiger partial charge is 0.481 e. The van der Waals surface area contributed by atoms with Crippen LogP contribution >= 0.6 is 0 Å². The van der Waals surface area contributed by atoms with Crippen molar-refractivity contribution in [1.82, 2.24) is 0 Å². The molecule has 0 aromatic carbocycles. The fraction of sp³-hybridized carbons (Fsp3) is 0.750. The molecule has 0 aromatic rings. The lowest BCUT2D eigenvalue weighted by Crippen LogP contribution is -2.08. The molecule has 164 valence electrons. The van der Waals surface area contributed by atoms with Gasteiger partial charge in [0.25, 0.3) is 0 Å². The van der Waals surface area contributed by atoms with Crippen molar-refractivity contribution >= 4 is 11.9 Å². The van der Waals surface area contributed by atoms with E-state index in [1.165, 1.54) is 51.4 Å². The highest BCUT2D eigenvalue weighted by molar-refractivity contribution is 5.72. The van der Waals surface area contributed by atoms with Gasteiger partial charge < -0.3 is 10.2 Å². The molecular weight excluding hydrogens is 352 g/mol. The van der Waals surface area contributed by atoms with Gasteiger partial charge in [0.1, 0.15) is 0 Å². The van der Waals surface area contributed by atoms with E-state index >= 15 is 0 Å². The topological polar surface area (TPSA) is 74.6 Å². The van der Waals surface area contributed by atoms with Crippen LogP contribution in [-0.2, 0) is 9.59 Å². The molecule has 0 fully saturated rings. The maximum absolute atomic E-state index is 10.6. The van der Waals surface area contributed by atoms with Crippen LogP contribution < -0.4 is 0 Å². The first kappa shape index (κ1) is 28.6. The van der Waals surface area contributed by atoms with Gasteiger partial charge in [-0.2, -0.15) is 0 Å². The van der Waals surface area contributed by atoms with Crippen LogP contribution in [0.15, 0.2) is 24.3 Å². The molecule has 0 aliphatic rings. The maximum Gasteiger partial charge on any atom is 0.310 e. The summed E-state index contributed by atoms with van der Waals surface area (Å²) in [5, 5.41) is 17.5. The first-order valence-electron chi connectivity index (χ1n) is 11.2. The van der Waals surface area contributed by atoms with Gasteiger partial charge in [-0.1, -0.05) is 90.5 Å². The predicted molar refractivity (Wildman–Crippen MR) is 119 cm³/mol. The van der Waals surface area contributed by atoms with Crippen LogP contribution in [0.3, 0.4) is 0 Å². The van der Waals surface area contributed by atoms with Crippen molar-refractivity contribution in [2.45, 2.75) is 105 Å². The van der Waals surface area contributed by atoms with E-state index in [0.29, 0.717) is 12.8 Å². The molecule has 0 rings (SSSR count). The van der Waals surface area contributed by atoms with E-state index in [1.54, 1.807) is 0 Å². The normalized spacial score (nSPS) is 13.3. The third-order valence-corrected chi connectivity index (χ3v) is 4.70. The molecule has 28 heavy (non-hydrogen) atoms. The molecule has 0 radical (unpaired) electrons. The molecule has 2 unspecified atom stereocenters. The minimum absolute atomic E-state index is 0.291. The number of rotatable bonds is 16. The number of allylic oxidation sites excluding steroid dienone is 2. The SMILES string of the molecule is CCCCCC/C=C/C(CC)C(=O)O.CCCCCC/C=C/C(CC)C(=O)O. The van der Waals surface area contributed by atoms with E-state index in [4.69, 9.17) is 10.2 Å². The molecule has 0 amide bonds. The second kappa shape index (κ2) is 21.7. The number of carbonyl (C=O) groups is 2. The molecule has 2 atom stereocenters. The number of carboxylic acids is 2. The molecule has 0 aromatic heterocycles. The lowest BCUT2D eigenvalue weighted by atomic mass is 10.1. The summed E-state index contributed by atoms with van der Waals surface area (Å²) >= 11 is 0. The quantitative estimate of drug-likeness (QED) is 0.213. The zero-order valence-electron chi connectivity index (χ0n) is 18.7. The number of hydrogen-bond acceptors (Lipinski definition) is 2. The minimum Gasteiger partial charge on any atom is -0.481 e. The Morgan fingerprint density at radius 1 is 0.643 bits per heavy atom. The zero-order chi connectivity index (χ0) is 21.6. The van der Waals surface area contributed by atoms with Crippen molar-refractivity contribution in [3.8, 4) is 0 Å². The lowest BCUT2D eigenvalue weighted by molar-refractivity contribution is -0.141. The Labute approximate surface area is 173 Å². The fourth-order valence-electron chi connectivity index (χ4n) is 2.68. The molecule has 0 heterocycles. The van der Waals surface area contributed by atoms with Crippen molar-refractivity contribution in [2.24, 2.45) is 11.8 Å². The maximum atomic E-state index is 10.6. The van der Waals surface area contributed by atoms with Crippen LogP contribution in [0.25, 0.3) is 0 Å². The Hall–Kier alpha value is -1.58. The van der Waals surface area contributed by atoms with Gasteiger partial charge in [0.15, 0.2) is 0 Å². The van der Waals surface area contributed by atoms with Crippen molar-refractivity contribution < 1.29 is 19.8 Å². The zero-order valence-corrected chi connectivity index (χ0v) is 18.7. The Morgan fingerprint density at radius 3 is 1.25 bits per heavy atom. The first-order valence-corrected chi connectivity index (χ1v) is 11.2. The highest BCUT2D eigenvalue weighted by Gasteiger charge is 2.10. The average molecular weight is 397 g/mol. The van der Waals surface area contributed by atoms with E-state index < -0.39 is 11.9 Å². The molecule has 2 N–H and O–H groups in total. The van der Waals surface area contributed by atoms with E-state index in [1.807, 2.05) is 38.2 Å². The van der Waals surface area contributed by atoms with Gasteiger partial charge in [-0.05, 0) is 38.5 Å². The predicted octanol–water partition coefficient (Wildman–Crippen LogP) is 7.25. The smallest absolute Gasteiger partial charge is 0.310 e. The van der Waals surface area contributed by atoms with E-state index in [-0.39, 0.29) is 11.8 Å². The van der Waals surface area contributed by atoms with Crippen LogP contribution in [-0.4, -0.2) is 22.2 Å². The van der Waals surface area contributed by atoms with Crippen LogP contribution in [0.4, 0.5) is 0 Å². The van der Waals surface area contributed by atoms with Crippen molar-refractivity contribution in [3.05, 3.63) is 24.3 Å². The van der Waals surface area contributed by atoms with E-state index in [2.05, 4.69) is 13.8 Å². The second-order valence-electron chi connectivity index (χ2n) is 7.26. The summed E-state index contributed by atoms with van der Waals surface area (Å²) in [6.45, 7) is 8.18. The molecule has 0 saturated heterocycles. The molecular formula is C24H44O4. The van der Waals surface area contributed by atoms with Crippen LogP contribution in [0.5, 0.6) is 0 Å². The number of hydrogen-bond donors (Lipinski definition) is 2. The molecule has 0 saturated carbocycles. The summed E-state index contributed by atoms with van der Waals surface area (Å²) in [4.78, 5) is 21.3. The second-order valence-corrected chi connectivity index (χ2v) is 7.26. The minimum atomic E-state index is -0.711. The Balaban J connectivity index is 0. The van der Waals surface area contributed by atoms with Crippen LogP contribution in [0, 0.1) is 11.8 Å². The highest BCUT2D eigenvalue weighted by Crippen LogP contribution is 2.09. The molecule has 4 heteroatoms. The van der Waals surface area contributed by atoms with Crippen molar-refractivity contribution in [1.29, 1.82) is 0 Å². The third-order valence-electron chi connectivity index (χ3n) is 4.70. The Bertz CT molecular complexity index is 386. The van der Waals surface area contributed by atoms with Gasteiger partial charge in [-0.15, -0.1) is 0 Å². The fourth-order valence-corrected chi connectivity index (χ4v) is 2.68. The average Bonchev–Trinajstić information content (AvgIpc) is 2.67. The number of carboxylic acid groups (broad SMARTS) is 2. The van der Waals surface area contributed by atoms with Crippen molar-refractivity contribution in [3.63, 3.8) is 0 Å². The molecule has 0 aliphatic carbocycles. The van der Waals surface area contributed by atoms with Gasteiger partial charge in [0.2, 0.25) is 0 Å². The Morgan fingerprint density at radius 2 is 1.00 bits per heavy atom. The van der Waals surface area contributed by atoms with Crippen molar-refractivity contribution in [2.75, 3.05) is 0 Å². The van der Waals surface area contributed by atoms with Crippen LogP contribution in [0.1, 0.15) is 105 Å². The summed E-state index contributed by atoms with van der Waals surface area (Å²) in [5.41, 5.74) is 0. The molecule has 0 spiro atoms. The van der Waals surface area contributed by atoms with Crippen LogP contribution in [0.2, 0.25) is 0 Å². The van der Waals surface area contributed by atoms with Gasteiger partial charge in [0, 0.05) is 0 Å². The Kier molecular flexibility index (Phi) is 22.2. The summed E-state index contributed by atoms with van der Waals surface area (Å²) in [6, 6.07) is 0. The number of unbranched alkanes of at least 4 members (excludes halogenated alkanes) is 8. The standard InChI is InChI=1S/2C12H22O2/c2*1-3-5-6-7-8-9-10-11(4-2)12(13)14/h2*9-11H,3-8H2,1-2H3,(H,13,14)/b2*10-9+. The summed E-state index contributed by atoms with van der Waals surface area (Å²) < 4.78 is 0.